The summed E-state index contributed by atoms with van der Waals surface area (Å²) in [5.41, 5.74) is 1.61. The average molecular weight is 347 g/mol. The number of carboxylic acids is 2. The highest BCUT2D eigenvalue weighted by Crippen LogP contribution is 2.61. The Balaban J connectivity index is 2.04. The van der Waals surface area contributed by atoms with Gasteiger partial charge in [-0.3, -0.25) is 9.59 Å². The van der Waals surface area contributed by atoms with Crippen LogP contribution < -0.4 is 9.83 Å². The van der Waals surface area contributed by atoms with Crippen molar-refractivity contribution in [1.82, 2.24) is 0 Å². The van der Waals surface area contributed by atoms with Crippen LogP contribution in [0.3, 0.4) is 0 Å². The Kier molecular flexibility index (Phi) is 4.26. The molecule has 24 heavy (non-hydrogen) atoms. The first kappa shape index (κ1) is 16.4. The van der Waals surface area contributed by atoms with Gasteiger partial charge in [0.25, 0.3) is 0 Å². The molecule has 7 heteroatoms. The van der Waals surface area contributed by atoms with Crippen molar-refractivity contribution in [2.45, 2.75) is 6.42 Å². The van der Waals surface area contributed by atoms with Gasteiger partial charge in [0.2, 0.25) is 0 Å². The molecule has 3 rings (SSSR count). The van der Waals surface area contributed by atoms with Crippen LogP contribution in [0.5, 0.6) is 5.75 Å². The molecule has 0 spiro atoms. The Morgan fingerprint density at radius 2 is 1.62 bits per heavy atom. The van der Waals surface area contributed by atoms with Crippen LogP contribution >= 0.6 is 7.72 Å². The highest BCUT2D eigenvalue weighted by atomic mass is 31.2. The largest absolute Gasteiger partial charge is 0.481 e. The number of carboxylic acid groups (broad SMARTS) is 2. The number of aliphatic carboxylic acids is 2. The summed E-state index contributed by atoms with van der Waals surface area (Å²) in [6.07, 6.45) is -0.815. The molecule has 0 amide bonds. The van der Waals surface area contributed by atoms with Gasteiger partial charge in [-0.25, -0.2) is 4.89 Å². The Labute approximate surface area is 138 Å². The first-order chi connectivity index (χ1) is 11.4. The number of hydrogen-bond acceptors (Lipinski definition) is 4. The molecule has 124 valence electrons. The smallest absolute Gasteiger partial charge is 0.350 e. The fourth-order valence-electron chi connectivity index (χ4n) is 2.86. The number of carbonyl (C=O) groups is 2. The lowest BCUT2D eigenvalue weighted by molar-refractivity contribution is -0.147. The highest BCUT2D eigenvalue weighted by Gasteiger charge is 2.51. The Hall–Kier alpha value is -2.43. The zero-order valence-corrected chi connectivity index (χ0v) is 13.5. The molecule has 0 aliphatic carbocycles. The quantitative estimate of drug-likeness (QED) is 0.718. The van der Waals surface area contributed by atoms with E-state index in [2.05, 4.69) is 0 Å². The minimum atomic E-state index is -3.30. The topological polar surface area (TPSA) is 104 Å². The van der Waals surface area contributed by atoms with E-state index >= 15 is 0 Å². The molecule has 1 aliphatic heterocycles. The predicted octanol–water partition coefficient (Wildman–Crippen LogP) is 2.39. The molecule has 1 aliphatic rings. The maximum absolute atomic E-state index is 11.4. The van der Waals surface area contributed by atoms with Gasteiger partial charge in [0.05, 0.1) is 6.42 Å². The molecule has 0 saturated heterocycles. The van der Waals surface area contributed by atoms with Crippen LogP contribution in [0.2, 0.25) is 0 Å². The lowest BCUT2D eigenvalue weighted by Crippen LogP contribution is -2.31. The number of fused-ring (bicyclic) bond motifs is 3. The first-order valence-corrected chi connectivity index (χ1v) is 9.19. The summed E-state index contributed by atoms with van der Waals surface area (Å²) in [4.78, 5) is 33.5. The molecule has 0 bridgehead atoms. The van der Waals surface area contributed by atoms with Crippen molar-refractivity contribution in [3.05, 3.63) is 48.5 Å². The molecule has 1 heterocycles. The second-order valence-electron chi connectivity index (χ2n) is 5.62. The monoisotopic (exact) mass is 347 g/mol. The summed E-state index contributed by atoms with van der Waals surface area (Å²) in [5, 5.41) is 18.8. The van der Waals surface area contributed by atoms with Crippen LogP contribution in [0.4, 0.5) is 0 Å². The minimum absolute atomic E-state index is 0.250. The summed E-state index contributed by atoms with van der Waals surface area (Å²) >= 11 is 0. The zero-order valence-electron chi connectivity index (χ0n) is 12.6. The molecule has 0 aromatic heterocycles. The Morgan fingerprint density at radius 3 is 2.29 bits per heavy atom. The van der Waals surface area contributed by atoms with E-state index in [9.17, 15) is 19.6 Å². The van der Waals surface area contributed by atoms with Crippen LogP contribution in [0.15, 0.2) is 48.5 Å². The van der Waals surface area contributed by atoms with Crippen LogP contribution in [-0.4, -0.2) is 33.2 Å². The fraction of sp³-hybridized carbons (Fsp3) is 0.176. The van der Waals surface area contributed by atoms with Gasteiger partial charge in [-0.2, -0.15) is 0 Å². The van der Waals surface area contributed by atoms with Crippen molar-refractivity contribution in [3.63, 3.8) is 0 Å². The molecule has 2 aromatic rings. The van der Waals surface area contributed by atoms with Crippen molar-refractivity contribution in [2.75, 3.05) is 6.16 Å². The van der Waals surface area contributed by atoms with Crippen LogP contribution in [-0.2, 0) is 9.59 Å². The standard InChI is InChI=1S/C17H15O6P/c18-16(19)9-11(17(20)21)10-24(22)15-8-4-2-6-13(15)12-5-1-3-7-14(12)23-24/h1-8,11,22H,9-10H2,(H-,18,19,20,21)/p+1. The third-order valence-corrected chi connectivity index (χ3v) is 6.52. The lowest BCUT2D eigenvalue weighted by atomic mass is 10.0. The van der Waals surface area contributed by atoms with Gasteiger partial charge >= 0.3 is 19.7 Å². The van der Waals surface area contributed by atoms with Crippen molar-refractivity contribution in [2.24, 2.45) is 5.92 Å². The molecule has 2 atom stereocenters. The third-order valence-electron chi connectivity index (χ3n) is 3.95. The second kappa shape index (κ2) is 6.23. The van der Waals surface area contributed by atoms with E-state index < -0.39 is 32.0 Å². The Bertz CT molecular complexity index is 805. The van der Waals surface area contributed by atoms with E-state index in [1.165, 1.54) is 0 Å². The number of para-hydroxylation sites is 1. The highest BCUT2D eigenvalue weighted by molar-refractivity contribution is 7.74. The SMILES string of the molecule is O=C(O)CC(C[P+]1(O)Oc2ccccc2-c2ccccc21)C(=O)O. The van der Waals surface area contributed by atoms with Gasteiger partial charge in [0, 0.05) is 11.1 Å². The summed E-state index contributed by atoms with van der Waals surface area (Å²) in [7, 11) is -3.30. The summed E-state index contributed by atoms with van der Waals surface area (Å²) in [5.74, 6) is -3.23. The van der Waals surface area contributed by atoms with Crippen molar-refractivity contribution >= 4 is 25.0 Å². The van der Waals surface area contributed by atoms with Crippen molar-refractivity contribution in [3.8, 4) is 16.9 Å². The van der Waals surface area contributed by atoms with Gasteiger partial charge in [-0.05, 0) is 12.1 Å². The maximum Gasteiger partial charge on any atom is 0.350 e. The second-order valence-corrected chi connectivity index (χ2v) is 8.05. The van der Waals surface area contributed by atoms with Crippen LogP contribution in [0.25, 0.3) is 11.1 Å². The van der Waals surface area contributed by atoms with Crippen molar-refractivity contribution in [1.29, 1.82) is 0 Å². The van der Waals surface area contributed by atoms with Crippen LogP contribution in [0, 0.1) is 5.92 Å². The Morgan fingerprint density at radius 1 is 1.00 bits per heavy atom. The third kappa shape index (κ3) is 2.98. The maximum atomic E-state index is 11.4. The van der Waals surface area contributed by atoms with Gasteiger partial charge in [-0.15, -0.1) is 0 Å². The zero-order chi connectivity index (χ0) is 17.3. The molecule has 0 radical (unpaired) electrons. The van der Waals surface area contributed by atoms with E-state index in [0.29, 0.717) is 11.1 Å². The summed E-state index contributed by atoms with van der Waals surface area (Å²) in [6.45, 7) is 0. The molecular weight excluding hydrogens is 331 g/mol. The molecule has 6 nitrogen and oxygen atoms in total. The average Bonchev–Trinajstić information content (AvgIpc) is 2.54. The molecule has 2 aromatic carbocycles. The molecule has 2 unspecified atom stereocenters. The minimum Gasteiger partial charge on any atom is -0.481 e. The fourth-order valence-corrected chi connectivity index (χ4v) is 5.49. The lowest BCUT2D eigenvalue weighted by Gasteiger charge is -2.28. The predicted molar refractivity (Wildman–Crippen MR) is 89.5 cm³/mol. The number of benzene rings is 2. The van der Waals surface area contributed by atoms with Gasteiger partial charge < -0.3 is 14.7 Å². The van der Waals surface area contributed by atoms with Crippen molar-refractivity contribution < 1.29 is 29.2 Å². The van der Waals surface area contributed by atoms with Gasteiger partial charge in [-0.1, -0.05) is 36.4 Å². The summed E-state index contributed by atoms with van der Waals surface area (Å²) < 4.78 is 5.82. The van der Waals surface area contributed by atoms with E-state index in [-0.39, 0.29) is 6.16 Å². The number of rotatable bonds is 5. The summed E-state index contributed by atoms with van der Waals surface area (Å²) in [6, 6.07) is 14.3. The molecule has 0 fully saturated rings. The molecule has 0 saturated carbocycles. The first-order valence-electron chi connectivity index (χ1n) is 7.35. The van der Waals surface area contributed by atoms with Gasteiger partial charge in [0.1, 0.15) is 12.1 Å². The van der Waals surface area contributed by atoms with E-state index in [4.69, 9.17) is 9.63 Å². The van der Waals surface area contributed by atoms with Gasteiger partial charge in [0.15, 0.2) is 11.1 Å². The molecular formula is C17H16O6P+. The van der Waals surface area contributed by atoms with Crippen LogP contribution in [0.1, 0.15) is 6.42 Å². The van der Waals surface area contributed by atoms with E-state index in [0.717, 1.165) is 11.1 Å². The molecule has 3 N–H and O–H groups in total. The normalized spacial score (nSPS) is 19.5. The van der Waals surface area contributed by atoms with E-state index in [1.54, 1.807) is 24.3 Å². The number of hydrogen-bond donors (Lipinski definition) is 3. The van der Waals surface area contributed by atoms with E-state index in [1.807, 2.05) is 24.3 Å².